The summed E-state index contributed by atoms with van der Waals surface area (Å²) in [5.74, 6) is -1.53. The normalized spacial score (nSPS) is 11.9. The third-order valence-corrected chi connectivity index (χ3v) is 3.77. The van der Waals surface area contributed by atoms with Crippen LogP contribution >= 0.6 is 11.6 Å². The molecule has 0 fully saturated rings. The number of benzene rings is 2. The zero-order valence-electron chi connectivity index (χ0n) is 12.1. The van der Waals surface area contributed by atoms with Crippen molar-refractivity contribution in [3.63, 3.8) is 0 Å². The Kier molecular flexibility index (Phi) is 4.98. The Bertz CT molecular complexity index is 694. The van der Waals surface area contributed by atoms with E-state index in [4.69, 9.17) is 11.6 Å². The molecule has 22 heavy (non-hydrogen) atoms. The number of carbonyl (C=O) groups excluding carboxylic acids is 1. The van der Waals surface area contributed by atoms with Crippen LogP contribution in [0.25, 0.3) is 0 Å². The van der Waals surface area contributed by atoms with Crippen LogP contribution < -0.4 is 5.32 Å². The second-order valence-corrected chi connectivity index (χ2v) is 5.27. The van der Waals surface area contributed by atoms with Gasteiger partial charge in [-0.15, -0.1) is 0 Å². The molecule has 116 valence electrons. The average Bonchev–Trinajstić information content (AvgIpc) is 2.49. The molecule has 1 unspecified atom stereocenters. The van der Waals surface area contributed by atoms with Gasteiger partial charge < -0.3 is 10.2 Å². The highest BCUT2D eigenvalue weighted by atomic mass is 35.5. The highest BCUT2D eigenvalue weighted by Gasteiger charge is 2.20. The number of carbonyl (C=O) groups is 1. The summed E-state index contributed by atoms with van der Waals surface area (Å²) in [6.45, 7) is 1.81. The fraction of sp³-hybridized carbons (Fsp3) is 0.188. The van der Waals surface area contributed by atoms with Gasteiger partial charge in [0.1, 0.15) is 11.6 Å². The van der Waals surface area contributed by atoms with Crippen molar-refractivity contribution in [3.05, 3.63) is 64.7 Å². The highest BCUT2D eigenvalue weighted by molar-refractivity contribution is 6.31. The molecule has 2 aromatic rings. The van der Waals surface area contributed by atoms with Crippen molar-refractivity contribution < 1.29 is 13.6 Å². The maximum atomic E-state index is 13.6. The Morgan fingerprint density at radius 2 is 1.91 bits per heavy atom. The van der Waals surface area contributed by atoms with Gasteiger partial charge in [0, 0.05) is 18.1 Å². The lowest BCUT2D eigenvalue weighted by molar-refractivity contribution is 0.208. The molecule has 2 rings (SSSR count). The molecule has 0 aromatic heterocycles. The van der Waals surface area contributed by atoms with Gasteiger partial charge in [0.2, 0.25) is 0 Å². The number of amides is 2. The molecule has 6 heteroatoms. The SMILES string of the molecule is CC(c1ccccc1Cl)N(C)C(=O)Nc1ccc(F)cc1F. The number of hydrogen-bond donors (Lipinski definition) is 1. The average molecular weight is 325 g/mol. The van der Waals surface area contributed by atoms with Gasteiger partial charge >= 0.3 is 6.03 Å². The molecule has 0 saturated heterocycles. The molecule has 1 atom stereocenters. The van der Waals surface area contributed by atoms with E-state index >= 15 is 0 Å². The minimum atomic E-state index is -0.827. The maximum absolute atomic E-state index is 13.6. The third-order valence-electron chi connectivity index (χ3n) is 3.43. The lowest BCUT2D eigenvalue weighted by atomic mass is 10.1. The summed E-state index contributed by atoms with van der Waals surface area (Å²) in [6.07, 6.45) is 0. The van der Waals surface area contributed by atoms with Gasteiger partial charge in [-0.3, -0.25) is 0 Å². The molecule has 0 aliphatic carbocycles. The summed E-state index contributed by atoms with van der Waals surface area (Å²) in [4.78, 5) is 13.6. The van der Waals surface area contributed by atoms with Crippen molar-refractivity contribution in [2.45, 2.75) is 13.0 Å². The summed E-state index contributed by atoms with van der Waals surface area (Å²) < 4.78 is 26.4. The van der Waals surface area contributed by atoms with E-state index < -0.39 is 17.7 Å². The summed E-state index contributed by atoms with van der Waals surface area (Å²) in [5.41, 5.74) is 0.700. The molecule has 0 aliphatic heterocycles. The van der Waals surface area contributed by atoms with Crippen LogP contribution in [0, 0.1) is 11.6 Å². The number of nitrogens with one attached hydrogen (secondary N) is 1. The summed E-state index contributed by atoms with van der Waals surface area (Å²) in [7, 11) is 1.57. The van der Waals surface area contributed by atoms with Gasteiger partial charge in [0.15, 0.2) is 0 Å². The zero-order valence-corrected chi connectivity index (χ0v) is 12.9. The van der Waals surface area contributed by atoms with Crippen LogP contribution in [0.3, 0.4) is 0 Å². The maximum Gasteiger partial charge on any atom is 0.322 e. The molecular weight excluding hydrogens is 310 g/mol. The van der Waals surface area contributed by atoms with Crippen molar-refractivity contribution in [3.8, 4) is 0 Å². The molecule has 2 amide bonds. The van der Waals surface area contributed by atoms with E-state index in [1.165, 1.54) is 11.0 Å². The first-order valence-corrected chi connectivity index (χ1v) is 7.01. The quantitative estimate of drug-likeness (QED) is 0.860. The summed E-state index contributed by atoms with van der Waals surface area (Å²) in [5, 5.41) is 2.95. The molecular formula is C16H15ClF2N2O. The van der Waals surface area contributed by atoms with E-state index in [0.29, 0.717) is 11.1 Å². The molecule has 0 heterocycles. The van der Waals surface area contributed by atoms with Gasteiger partial charge in [-0.2, -0.15) is 0 Å². The number of rotatable bonds is 3. The summed E-state index contributed by atoms with van der Waals surface area (Å²) in [6, 6.07) is 9.32. The van der Waals surface area contributed by atoms with Crippen LogP contribution in [-0.2, 0) is 0 Å². The topological polar surface area (TPSA) is 32.3 Å². The number of halogens is 3. The van der Waals surface area contributed by atoms with Gasteiger partial charge in [-0.1, -0.05) is 29.8 Å². The Hall–Kier alpha value is -2.14. The van der Waals surface area contributed by atoms with Crippen LogP contribution in [0.15, 0.2) is 42.5 Å². The number of anilines is 1. The smallest absolute Gasteiger partial charge is 0.321 e. The predicted molar refractivity (Wildman–Crippen MR) is 83.0 cm³/mol. The van der Waals surface area contributed by atoms with Gasteiger partial charge in [-0.25, -0.2) is 13.6 Å². The van der Waals surface area contributed by atoms with Crippen molar-refractivity contribution >= 4 is 23.3 Å². The molecule has 3 nitrogen and oxygen atoms in total. The van der Waals surface area contributed by atoms with Crippen molar-refractivity contribution in [1.82, 2.24) is 4.90 Å². The van der Waals surface area contributed by atoms with Crippen LogP contribution in [0.5, 0.6) is 0 Å². The molecule has 1 N–H and O–H groups in total. The largest absolute Gasteiger partial charge is 0.322 e. The van der Waals surface area contributed by atoms with Crippen LogP contribution in [-0.4, -0.2) is 18.0 Å². The van der Waals surface area contributed by atoms with Crippen molar-refractivity contribution in [2.24, 2.45) is 0 Å². The Balaban J connectivity index is 2.13. The van der Waals surface area contributed by atoms with E-state index in [1.54, 1.807) is 19.2 Å². The van der Waals surface area contributed by atoms with Gasteiger partial charge in [-0.05, 0) is 30.7 Å². The number of hydrogen-bond acceptors (Lipinski definition) is 1. The van der Waals surface area contributed by atoms with E-state index in [9.17, 15) is 13.6 Å². The number of urea groups is 1. The molecule has 0 bridgehead atoms. The number of nitrogens with zero attached hydrogens (tertiary/aromatic N) is 1. The fourth-order valence-electron chi connectivity index (χ4n) is 1.99. The first kappa shape index (κ1) is 16.2. The first-order chi connectivity index (χ1) is 10.4. The second kappa shape index (κ2) is 6.75. The van der Waals surface area contributed by atoms with Crippen LogP contribution in [0.4, 0.5) is 19.3 Å². The lowest BCUT2D eigenvalue weighted by Gasteiger charge is -2.26. The lowest BCUT2D eigenvalue weighted by Crippen LogP contribution is -2.34. The molecule has 0 spiro atoms. The van der Waals surface area contributed by atoms with E-state index in [0.717, 1.165) is 11.6 Å². The Labute approximate surface area is 132 Å². The van der Waals surface area contributed by atoms with Gasteiger partial charge in [0.25, 0.3) is 0 Å². The van der Waals surface area contributed by atoms with Gasteiger partial charge in [0.05, 0.1) is 11.7 Å². The van der Waals surface area contributed by atoms with E-state index in [1.807, 2.05) is 19.1 Å². The Morgan fingerprint density at radius 1 is 1.23 bits per heavy atom. The minimum absolute atomic E-state index is 0.0791. The molecule has 0 radical (unpaired) electrons. The standard InChI is InChI=1S/C16H15ClF2N2O/c1-10(12-5-3-4-6-13(12)17)21(2)16(22)20-15-8-7-11(18)9-14(15)19/h3-10H,1-2H3,(H,20,22). The zero-order chi connectivity index (χ0) is 16.3. The molecule has 2 aromatic carbocycles. The van der Waals surface area contributed by atoms with Crippen molar-refractivity contribution in [1.29, 1.82) is 0 Å². The molecule has 0 saturated carbocycles. The van der Waals surface area contributed by atoms with Crippen LogP contribution in [0.2, 0.25) is 5.02 Å². The highest BCUT2D eigenvalue weighted by Crippen LogP contribution is 2.26. The molecule has 0 aliphatic rings. The van der Waals surface area contributed by atoms with Crippen LogP contribution in [0.1, 0.15) is 18.5 Å². The Morgan fingerprint density at radius 3 is 2.55 bits per heavy atom. The van der Waals surface area contributed by atoms with Crippen molar-refractivity contribution in [2.75, 3.05) is 12.4 Å². The van der Waals surface area contributed by atoms with E-state index in [2.05, 4.69) is 5.32 Å². The monoisotopic (exact) mass is 324 g/mol. The minimum Gasteiger partial charge on any atom is -0.321 e. The fourth-order valence-corrected chi connectivity index (χ4v) is 2.29. The third kappa shape index (κ3) is 3.54. The van der Waals surface area contributed by atoms with E-state index in [-0.39, 0.29) is 11.7 Å². The summed E-state index contributed by atoms with van der Waals surface area (Å²) >= 11 is 6.11. The first-order valence-electron chi connectivity index (χ1n) is 6.63. The second-order valence-electron chi connectivity index (χ2n) is 4.86. The predicted octanol–water partition coefficient (Wildman–Crippen LogP) is 4.84.